The first-order valence-corrected chi connectivity index (χ1v) is 14.4. The summed E-state index contributed by atoms with van der Waals surface area (Å²) < 4.78 is 28.0. The average molecular weight is 495 g/mol. The number of hydrogen-bond acceptors (Lipinski definition) is 5. The zero-order valence-corrected chi connectivity index (χ0v) is 22.9. The molecule has 0 spiro atoms. The van der Waals surface area contributed by atoms with Crippen LogP contribution in [0.15, 0.2) is 24.3 Å². The average Bonchev–Trinajstić information content (AvgIpc) is 2.88. The maximum absolute atomic E-state index is 5.77. The predicted octanol–water partition coefficient (Wildman–Crippen LogP) is 7.40. The molecule has 1 aromatic carbocycles. The van der Waals surface area contributed by atoms with Gasteiger partial charge in [-0.2, -0.15) is 0 Å². The molecule has 0 N–H and O–H groups in total. The van der Waals surface area contributed by atoms with Crippen LogP contribution in [0.2, 0.25) is 0 Å². The molecule has 1 aromatic rings. The minimum atomic E-state index is 0.554. The van der Waals surface area contributed by atoms with Crippen molar-refractivity contribution < 1.29 is 23.7 Å². The molecule has 5 heteroatoms. The standard InChI is InChI=1S/C30H54O5/c1-3-5-7-9-10-11-13-15-29-16-18-30(19-17-29)35-28-27-34-26-25-33-24-23-32-22-21-31-20-14-12-8-6-4-2/h16-19H,3-15,20-28H2,1-2H3. The third-order valence-electron chi connectivity index (χ3n) is 6.00. The Kier molecular flexibility index (Phi) is 23.6. The Hall–Kier alpha value is -1.14. The minimum absolute atomic E-state index is 0.554. The van der Waals surface area contributed by atoms with E-state index in [1.807, 2.05) is 0 Å². The fourth-order valence-corrected chi connectivity index (χ4v) is 3.83. The summed E-state index contributed by atoms with van der Waals surface area (Å²) in [6.07, 6.45) is 17.0. The van der Waals surface area contributed by atoms with Gasteiger partial charge in [0.1, 0.15) is 12.4 Å². The Labute approximate surface area is 216 Å². The van der Waals surface area contributed by atoms with Crippen molar-refractivity contribution in [3.05, 3.63) is 29.8 Å². The van der Waals surface area contributed by atoms with Crippen molar-refractivity contribution >= 4 is 0 Å². The van der Waals surface area contributed by atoms with Crippen LogP contribution in [0.5, 0.6) is 5.75 Å². The maximum Gasteiger partial charge on any atom is 0.119 e. The summed E-state index contributed by atoms with van der Waals surface area (Å²) in [6.45, 7) is 10.1. The van der Waals surface area contributed by atoms with Gasteiger partial charge in [-0.15, -0.1) is 0 Å². The predicted molar refractivity (Wildman–Crippen MR) is 146 cm³/mol. The molecule has 0 aliphatic rings. The molecule has 0 fully saturated rings. The number of aryl methyl sites for hydroxylation is 1. The van der Waals surface area contributed by atoms with Gasteiger partial charge < -0.3 is 23.7 Å². The van der Waals surface area contributed by atoms with Gasteiger partial charge in [0.15, 0.2) is 0 Å². The molecule has 0 aliphatic carbocycles. The van der Waals surface area contributed by atoms with E-state index >= 15 is 0 Å². The highest BCUT2D eigenvalue weighted by atomic mass is 16.6. The van der Waals surface area contributed by atoms with Crippen LogP contribution in [0.4, 0.5) is 0 Å². The van der Waals surface area contributed by atoms with Crippen molar-refractivity contribution in [1.82, 2.24) is 0 Å². The van der Waals surface area contributed by atoms with Crippen molar-refractivity contribution in [2.75, 3.05) is 59.5 Å². The van der Waals surface area contributed by atoms with Gasteiger partial charge in [0, 0.05) is 6.61 Å². The van der Waals surface area contributed by atoms with Crippen molar-refractivity contribution in [3.8, 4) is 5.75 Å². The van der Waals surface area contributed by atoms with Crippen LogP contribution in [0.25, 0.3) is 0 Å². The van der Waals surface area contributed by atoms with Gasteiger partial charge in [-0.3, -0.25) is 0 Å². The summed E-state index contributed by atoms with van der Waals surface area (Å²) in [7, 11) is 0. The van der Waals surface area contributed by atoms with Gasteiger partial charge in [0.2, 0.25) is 0 Å². The number of rotatable bonds is 27. The van der Waals surface area contributed by atoms with Crippen molar-refractivity contribution in [3.63, 3.8) is 0 Å². The first kappa shape index (κ1) is 31.9. The van der Waals surface area contributed by atoms with E-state index in [9.17, 15) is 0 Å². The van der Waals surface area contributed by atoms with E-state index in [1.54, 1.807) is 0 Å². The van der Waals surface area contributed by atoms with Crippen LogP contribution < -0.4 is 4.74 Å². The van der Waals surface area contributed by atoms with Crippen molar-refractivity contribution in [1.29, 1.82) is 0 Å². The molecule has 0 amide bonds. The van der Waals surface area contributed by atoms with Crippen LogP contribution in [0.1, 0.15) is 96.5 Å². The second-order valence-corrected chi connectivity index (χ2v) is 9.23. The van der Waals surface area contributed by atoms with E-state index in [0.29, 0.717) is 52.9 Å². The zero-order chi connectivity index (χ0) is 25.1. The fourth-order valence-electron chi connectivity index (χ4n) is 3.83. The Morgan fingerprint density at radius 3 is 1.40 bits per heavy atom. The Balaban J connectivity index is 1.81. The minimum Gasteiger partial charge on any atom is -0.491 e. The fraction of sp³-hybridized carbons (Fsp3) is 0.800. The lowest BCUT2D eigenvalue weighted by atomic mass is 10.0. The van der Waals surface area contributed by atoms with E-state index in [0.717, 1.165) is 25.2 Å². The Morgan fingerprint density at radius 1 is 0.429 bits per heavy atom. The second kappa shape index (κ2) is 25.9. The Bertz CT molecular complexity index is 534. The van der Waals surface area contributed by atoms with E-state index in [-0.39, 0.29) is 0 Å². The van der Waals surface area contributed by atoms with Gasteiger partial charge in [-0.1, -0.05) is 90.2 Å². The van der Waals surface area contributed by atoms with Crippen LogP contribution in [-0.4, -0.2) is 59.5 Å². The second-order valence-electron chi connectivity index (χ2n) is 9.23. The lowest BCUT2D eigenvalue weighted by Gasteiger charge is -2.09. The van der Waals surface area contributed by atoms with Crippen molar-refractivity contribution in [2.24, 2.45) is 0 Å². The summed E-state index contributed by atoms with van der Waals surface area (Å²) in [5, 5.41) is 0. The third kappa shape index (κ3) is 21.8. The molecule has 0 saturated heterocycles. The van der Waals surface area contributed by atoms with E-state index in [1.165, 1.54) is 76.2 Å². The molecule has 0 saturated carbocycles. The molecule has 5 nitrogen and oxygen atoms in total. The lowest BCUT2D eigenvalue weighted by Crippen LogP contribution is -2.13. The summed E-state index contributed by atoms with van der Waals surface area (Å²) in [4.78, 5) is 0. The zero-order valence-electron chi connectivity index (χ0n) is 22.9. The molecule has 204 valence electrons. The number of hydrogen-bond donors (Lipinski definition) is 0. The normalized spacial score (nSPS) is 11.3. The summed E-state index contributed by atoms with van der Waals surface area (Å²) >= 11 is 0. The van der Waals surface area contributed by atoms with E-state index in [2.05, 4.69) is 38.1 Å². The van der Waals surface area contributed by atoms with Gasteiger partial charge in [0.25, 0.3) is 0 Å². The smallest absolute Gasteiger partial charge is 0.119 e. The molecule has 0 radical (unpaired) electrons. The SMILES string of the molecule is CCCCCCCCCc1ccc(OCCOCCOCCOCCOCCCCCCC)cc1. The maximum atomic E-state index is 5.77. The molecule has 0 aromatic heterocycles. The molecular formula is C30H54O5. The van der Waals surface area contributed by atoms with Crippen LogP contribution >= 0.6 is 0 Å². The molecule has 0 atom stereocenters. The number of benzene rings is 1. The third-order valence-corrected chi connectivity index (χ3v) is 6.00. The highest BCUT2D eigenvalue weighted by molar-refractivity contribution is 5.27. The lowest BCUT2D eigenvalue weighted by molar-refractivity contribution is -0.00487. The van der Waals surface area contributed by atoms with Crippen molar-refractivity contribution in [2.45, 2.75) is 97.3 Å². The quantitative estimate of drug-likeness (QED) is 0.119. The summed E-state index contributed by atoms with van der Waals surface area (Å²) in [6, 6.07) is 8.50. The van der Waals surface area contributed by atoms with Gasteiger partial charge >= 0.3 is 0 Å². The van der Waals surface area contributed by atoms with Crippen LogP contribution in [-0.2, 0) is 25.4 Å². The van der Waals surface area contributed by atoms with E-state index < -0.39 is 0 Å². The van der Waals surface area contributed by atoms with Crippen LogP contribution in [0, 0.1) is 0 Å². The highest BCUT2D eigenvalue weighted by Crippen LogP contribution is 2.15. The topological polar surface area (TPSA) is 46.2 Å². The highest BCUT2D eigenvalue weighted by Gasteiger charge is 1.98. The molecular weight excluding hydrogens is 440 g/mol. The number of ether oxygens (including phenoxy) is 5. The van der Waals surface area contributed by atoms with Crippen LogP contribution in [0.3, 0.4) is 0 Å². The largest absolute Gasteiger partial charge is 0.491 e. The summed E-state index contributed by atoms with van der Waals surface area (Å²) in [5.74, 6) is 0.908. The molecule has 0 aliphatic heterocycles. The molecule has 0 unspecified atom stereocenters. The molecule has 0 bridgehead atoms. The Morgan fingerprint density at radius 2 is 0.857 bits per heavy atom. The van der Waals surface area contributed by atoms with Gasteiger partial charge in [-0.05, 0) is 37.0 Å². The monoisotopic (exact) mass is 494 g/mol. The molecule has 35 heavy (non-hydrogen) atoms. The van der Waals surface area contributed by atoms with Gasteiger partial charge in [0.05, 0.1) is 46.2 Å². The molecule has 0 heterocycles. The first-order valence-electron chi connectivity index (χ1n) is 14.4. The van der Waals surface area contributed by atoms with E-state index in [4.69, 9.17) is 23.7 Å². The number of unbranched alkanes of at least 4 members (excludes halogenated alkanes) is 10. The molecule has 1 rings (SSSR count). The summed E-state index contributed by atoms with van der Waals surface area (Å²) in [5.41, 5.74) is 1.40. The first-order chi connectivity index (χ1) is 17.4. The van der Waals surface area contributed by atoms with Gasteiger partial charge in [-0.25, -0.2) is 0 Å².